The zero-order valence-electron chi connectivity index (χ0n) is 9.78. The second-order valence-corrected chi connectivity index (χ2v) is 8.07. The Kier molecular flexibility index (Phi) is 4.11. The highest BCUT2D eigenvalue weighted by Crippen LogP contribution is 2.37. The van der Waals surface area contributed by atoms with Gasteiger partial charge < -0.3 is 5.73 Å². The third-order valence-electron chi connectivity index (χ3n) is 2.86. The predicted molar refractivity (Wildman–Crippen MR) is 72.0 cm³/mol. The first kappa shape index (κ1) is 14.7. The lowest BCUT2D eigenvalue weighted by molar-refractivity contribution is -0.384. The fourth-order valence-electron chi connectivity index (χ4n) is 1.91. The van der Waals surface area contributed by atoms with E-state index in [-0.39, 0.29) is 26.8 Å². The lowest BCUT2D eigenvalue weighted by Crippen LogP contribution is -2.45. The van der Waals surface area contributed by atoms with Crippen LogP contribution in [-0.2, 0) is 10.0 Å². The van der Waals surface area contributed by atoms with Crippen LogP contribution in [0.3, 0.4) is 0 Å². The number of halogens is 1. The quantitative estimate of drug-likeness (QED) is 0.668. The van der Waals surface area contributed by atoms with Crippen molar-refractivity contribution in [2.75, 3.05) is 13.1 Å². The lowest BCUT2D eigenvalue weighted by atomic mass is 10.1. The normalized spacial score (nSPS) is 21.5. The molecule has 0 radical (unpaired) electrons. The number of sulfonamides is 1. The van der Waals surface area contributed by atoms with Crippen molar-refractivity contribution in [1.82, 2.24) is 4.31 Å². The van der Waals surface area contributed by atoms with Gasteiger partial charge in [-0.05, 0) is 12.8 Å². The van der Waals surface area contributed by atoms with Crippen LogP contribution in [0.2, 0.25) is 4.34 Å². The first-order valence-electron chi connectivity index (χ1n) is 5.52. The summed E-state index contributed by atoms with van der Waals surface area (Å²) in [4.78, 5) is 10.00. The van der Waals surface area contributed by atoms with Gasteiger partial charge in [0.15, 0.2) is 4.34 Å². The molecule has 1 aliphatic rings. The zero-order chi connectivity index (χ0) is 14.2. The van der Waals surface area contributed by atoms with E-state index in [0.717, 1.165) is 12.5 Å². The van der Waals surface area contributed by atoms with E-state index in [1.54, 1.807) is 0 Å². The molecular formula is C9H12ClN3O4S2. The minimum Gasteiger partial charge on any atom is -0.327 e. The molecule has 0 aliphatic carbocycles. The Morgan fingerprint density at radius 2 is 2.26 bits per heavy atom. The molecule has 0 bridgehead atoms. The van der Waals surface area contributed by atoms with E-state index in [1.165, 1.54) is 4.31 Å². The van der Waals surface area contributed by atoms with Gasteiger partial charge in [-0.2, -0.15) is 4.31 Å². The zero-order valence-corrected chi connectivity index (χ0v) is 12.2. The summed E-state index contributed by atoms with van der Waals surface area (Å²) in [6, 6.07) is 0.802. The van der Waals surface area contributed by atoms with Gasteiger partial charge in [-0.3, -0.25) is 10.1 Å². The van der Waals surface area contributed by atoms with E-state index in [4.69, 9.17) is 17.3 Å². The summed E-state index contributed by atoms with van der Waals surface area (Å²) < 4.78 is 25.7. The molecule has 106 valence electrons. The van der Waals surface area contributed by atoms with E-state index in [1.807, 2.05) is 0 Å². The lowest BCUT2D eigenvalue weighted by Gasteiger charge is -2.29. The second-order valence-electron chi connectivity index (χ2n) is 4.25. The monoisotopic (exact) mass is 325 g/mol. The van der Waals surface area contributed by atoms with Crippen LogP contribution in [0.4, 0.5) is 5.69 Å². The van der Waals surface area contributed by atoms with Crippen LogP contribution in [-0.4, -0.2) is 36.8 Å². The first-order chi connectivity index (χ1) is 8.82. The van der Waals surface area contributed by atoms with Crippen molar-refractivity contribution in [1.29, 1.82) is 0 Å². The molecule has 0 spiro atoms. The molecule has 2 rings (SSSR count). The summed E-state index contributed by atoms with van der Waals surface area (Å²) >= 11 is 6.38. The number of nitrogens with two attached hydrogens (primary N) is 1. The molecule has 10 heteroatoms. The average molecular weight is 326 g/mol. The van der Waals surface area contributed by atoms with E-state index in [0.29, 0.717) is 24.3 Å². The summed E-state index contributed by atoms with van der Waals surface area (Å²) in [6.45, 7) is 0.602. The first-order valence-corrected chi connectivity index (χ1v) is 8.15. The van der Waals surface area contributed by atoms with Crippen LogP contribution in [0.15, 0.2) is 10.3 Å². The molecule has 0 saturated carbocycles. The maximum atomic E-state index is 12.3. The van der Waals surface area contributed by atoms with Gasteiger partial charge >= 0.3 is 0 Å². The van der Waals surface area contributed by atoms with Crippen molar-refractivity contribution < 1.29 is 13.3 Å². The molecular weight excluding hydrogens is 314 g/mol. The van der Waals surface area contributed by atoms with Crippen molar-refractivity contribution in [2.24, 2.45) is 5.73 Å². The Morgan fingerprint density at radius 3 is 2.79 bits per heavy atom. The molecule has 1 saturated heterocycles. The summed E-state index contributed by atoms with van der Waals surface area (Å²) in [5, 5.41) is 10.7. The smallest absolute Gasteiger partial charge is 0.300 e. The highest BCUT2D eigenvalue weighted by molar-refractivity contribution is 7.91. The molecule has 2 heterocycles. The van der Waals surface area contributed by atoms with E-state index >= 15 is 0 Å². The van der Waals surface area contributed by atoms with Crippen LogP contribution in [0.5, 0.6) is 0 Å². The number of nitrogens with zero attached hydrogens (tertiary/aromatic N) is 2. The van der Waals surface area contributed by atoms with Gasteiger partial charge in [-0.15, -0.1) is 11.3 Å². The Bertz CT molecular complexity index is 601. The summed E-state index contributed by atoms with van der Waals surface area (Å²) in [5.41, 5.74) is 5.36. The molecule has 1 aromatic rings. The number of rotatable bonds is 3. The number of hydrogen-bond donors (Lipinski definition) is 1. The van der Waals surface area contributed by atoms with E-state index in [2.05, 4.69) is 0 Å². The Morgan fingerprint density at radius 1 is 1.58 bits per heavy atom. The van der Waals surface area contributed by atoms with Gasteiger partial charge in [-0.25, -0.2) is 8.42 Å². The molecule has 0 unspecified atom stereocenters. The summed E-state index contributed by atoms with van der Waals surface area (Å²) in [6.07, 6.45) is 1.46. The van der Waals surface area contributed by atoms with Crippen molar-refractivity contribution in [3.05, 3.63) is 20.5 Å². The van der Waals surface area contributed by atoms with Gasteiger partial charge in [0.1, 0.15) is 4.21 Å². The fraction of sp³-hybridized carbons (Fsp3) is 0.556. The molecule has 1 fully saturated rings. The molecule has 0 amide bonds. The number of nitro groups is 1. The Labute approximate surface area is 119 Å². The highest BCUT2D eigenvalue weighted by Gasteiger charge is 2.32. The van der Waals surface area contributed by atoms with Crippen molar-refractivity contribution >= 4 is 38.6 Å². The second kappa shape index (κ2) is 5.33. The van der Waals surface area contributed by atoms with Gasteiger partial charge in [-0.1, -0.05) is 11.6 Å². The van der Waals surface area contributed by atoms with Crippen LogP contribution in [0, 0.1) is 10.1 Å². The van der Waals surface area contributed by atoms with Crippen molar-refractivity contribution in [3.8, 4) is 0 Å². The molecule has 7 nitrogen and oxygen atoms in total. The fourth-order valence-corrected chi connectivity index (χ4v) is 5.26. The third kappa shape index (κ3) is 2.90. The van der Waals surface area contributed by atoms with E-state index in [9.17, 15) is 18.5 Å². The van der Waals surface area contributed by atoms with Crippen LogP contribution in [0.25, 0.3) is 0 Å². The average Bonchev–Trinajstić information content (AvgIpc) is 2.72. The largest absolute Gasteiger partial charge is 0.327 e. The molecule has 0 aromatic carbocycles. The van der Waals surface area contributed by atoms with Crippen LogP contribution >= 0.6 is 22.9 Å². The Balaban J connectivity index is 2.34. The van der Waals surface area contributed by atoms with Gasteiger partial charge in [0.05, 0.1) is 4.92 Å². The summed E-state index contributed by atoms with van der Waals surface area (Å²) in [5.74, 6) is 0. The number of thiophene rings is 1. The SMILES string of the molecule is N[C@@H]1CCCN(S(=O)(=O)c2cc([N+](=O)[O-])c(Cl)s2)C1. The third-order valence-corrected chi connectivity index (χ3v) is 6.51. The van der Waals surface area contributed by atoms with Gasteiger partial charge in [0.25, 0.3) is 15.7 Å². The summed E-state index contributed by atoms with van der Waals surface area (Å²) in [7, 11) is -3.75. The maximum Gasteiger partial charge on any atom is 0.300 e. The van der Waals surface area contributed by atoms with Crippen LogP contribution < -0.4 is 5.73 Å². The topological polar surface area (TPSA) is 107 Å². The molecule has 2 N–H and O–H groups in total. The molecule has 1 aromatic heterocycles. The minimum absolute atomic E-state index is 0.113. The molecule has 1 atom stereocenters. The van der Waals surface area contributed by atoms with E-state index < -0.39 is 14.9 Å². The van der Waals surface area contributed by atoms with Crippen molar-refractivity contribution in [2.45, 2.75) is 23.1 Å². The van der Waals surface area contributed by atoms with Gasteiger partial charge in [0.2, 0.25) is 0 Å². The number of hydrogen-bond acceptors (Lipinski definition) is 6. The van der Waals surface area contributed by atoms with Crippen LogP contribution in [0.1, 0.15) is 12.8 Å². The minimum atomic E-state index is -3.75. The van der Waals surface area contributed by atoms with Crippen molar-refractivity contribution in [3.63, 3.8) is 0 Å². The molecule has 19 heavy (non-hydrogen) atoms. The molecule has 1 aliphatic heterocycles. The highest BCUT2D eigenvalue weighted by atomic mass is 35.5. The van der Waals surface area contributed by atoms with Gasteiger partial charge in [0, 0.05) is 25.2 Å². The number of piperidine rings is 1. The maximum absolute atomic E-state index is 12.3. The predicted octanol–water partition coefficient (Wildman–Crippen LogP) is 1.42. The standard InChI is InChI=1S/C9H12ClN3O4S2/c10-9-7(13(14)15)4-8(18-9)19(16,17)12-3-1-2-6(11)5-12/h4,6H,1-3,5,11H2/t6-/m1/s1. The Hall–Kier alpha value is -0.740.